The highest BCUT2D eigenvalue weighted by molar-refractivity contribution is 6.39. The first-order valence-electron chi connectivity index (χ1n) is 8.61. The van der Waals surface area contributed by atoms with E-state index in [1.165, 1.54) is 6.42 Å². The number of hydrazone groups is 1. The summed E-state index contributed by atoms with van der Waals surface area (Å²) in [4.78, 5) is 23.9. The van der Waals surface area contributed by atoms with Gasteiger partial charge in [-0.05, 0) is 50.2 Å². The molecule has 0 saturated heterocycles. The third kappa shape index (κ3) is 4.91. The van der Waals surface area contributed by atoms with Gasteiger partial charge in [0.1, 0.15) is 0 Å². The van der Waals surface area contributed by atoms with Crippen molar-refractivity contribution in [2.45, 2.75) is 47.0 Å². The molecule has 0 aromatic heterocycles. The summed E-state index contributed by atoms with van der Waals surface area (Å²) in [5.41, 5.74) is 5.12. The molecule has 2 amide bonds. The normalized spacial score (nSPS) is 22.5. The Morgan fingerprint density at radius 2 is 1.79 bits per heavy atom. The maximum atomic E-state index is 12.0. The van der Waals surface area contributed by atoms with Crippen LogP contribution in [0.2, 0.25) is 0 Å². The van der Waals surface area contributed by atoms with Gasteiger partial charge in [0.05, 0.1) is 0 Å². The Hall–Kier alpha value is -2.17. The Kier molecular flexibility index (Phi) is 6.12. The first-order chi connectivity index (χ1) is 11.4. The number of benzene rings is 1. The lowest BCUT2D eigenvalue weighted by molar-refractivity contribution is -0.136. The molecule has 1 aliphatic carbocycles. The largest absolute Gasteiger partial charge is 0.329 e. The second-order valence-corrected chi connectivity index (χ2v) is 7.10. The first kappa shape index (κ1) is 18.2. The summed E-state index contributed by atoms with van der Waals surface area (Å²) < 4.78 is 0. The van der Waals surface area contributed by atoms with Gasteiger partial charge in [0.15, 0.2) is 0 Å². The first-order valence-corrected chi connectivity index (χ1v) is 8.61. The van der Waals surface area contributed by atoms with Crippen LogP contribution in [0.4, 0.5) is 5.69 Å². The molecule has 0 aliphatic heterocycles. The fourth-order valence-electron chi connectivity index (χ4n) is 3.09. The average molecular weight is 329 g/mol. The Bertz CT molecular complexity index is 620. The van der Waals surface area contributed by atoms with E-state index in [9.17, 15) is 9.59 Å². The molecule has 24 heavy (non-hydrogen) atoms. The van der Waals surface area contributed by atoms with Gasteiger partial charge in [-0.25, -0.2) is 5.43 Å². The summed E-state index contributed by atoms with van der Waals surface area (Å²) in [5, 5.41) is 6.85. The van der Waals surface area contributed by atoms with E-state index in [-0.39, 0.29) is 0 Å². The van der Waals surface area contributed by atoms with E-state index < -0.39 is 11.8 Å². The molecule has 1 fully saturated rings. The molecule has 1 aromatic rings. The highest BCUT2D eigenvalue weighted by Crippen LogP contribution is 2.31. The molecule has 1 aromatic carbocycles. The number of anilines is 1. The SMILES string of the molecule is Cc1ccc(NC(=O)C(=O)N/N=C2/C[C@H](C)CC[C@@H]2C(C)C)cc1. The quantitative estimate of drug-likeness (QED) is 0.658. The van der Waals surface area contributed by atoms with Crippen LogP contribution in [0.5, 0.6) is 0 Å². The van der Waals surface area contributed by atoms with Crippen molar-refractivity contribution in [1.29, 1.82) is 0 Å². The van der Waals surface area contributed by atoms with Crippen molar-refractivity contribution in [3.8, 4) is 0 Å². The van der Waals surface area contributed by atoms with Crippen LogP contribution in [0.15, 0.2) is 29.4 Å². The number of carbonyl (C=O) groups is 2. The maximum absolute atomic E-state index is 12.0. The summed E-state index contributed by atoms with van der Waals surface area (Å²) in [6.07, 6.45) is 3.15. The minimum absolute atomic E-state index is 0.377. The van der Waals surface area contributed by atoms with Crippen LogP contribution in [-0.2, 0) is 9.59 Å². The molecule has 0 radical (unpaired) electrons. The van der Waals surface area contributed by atoms with E-state index in [0.29, 0.717) is 23.4 Å². The number of aryl methyl sites for hydroxylation is 1. The van der Waals surface area contributed by atoms with E-state index in [1.807, 2.05) is 19.1 Å². The second kappa shape index (κ2) is 8.08. The van der Waals surface area contributed by atoms with E-state index in [4.69, 9.17) is 0 Å². The van der Waals surface area contributed by atoms with Gasteiger partial charge in [-0.1, -0.05) is 38.5 Å². The Morgan fingerprint density at radius 1 is 1.12 bits per heavy atom. The lowest BCUT2D eigenvalue weighted by Crippen LogP contribution is -2.35. The van der Waals surface area contributed by atoms with E-state index >= 15 is 0 Å². The predicted octanol–water partition coefficient (Wildman–Crippen LogP) is 3.50. The predicted molar refractivity (Wildman–Crippen MR) is 96.7 cm³/mol. The monoisotopic (exact) mass is 329 g/mol. The highest BCUT2D eigenvalue weighted by atomic mass is 16.2. The number of carbonyl (C=O) groups excluding carboxylic acids is 2. The molecule has 130 valence electrons. The van der Waals surface area contributed by atoms with Crippen LogP contribution in [0, 0.1) is 24.7 Å². The Morgan fingerprint density at radius 3 is 2.42 bits per heavy atom. The fraction of sp³-hybridized carbons (Fsp3) is 0.526. The third-order valence-corrected chi connectivity index (χ3v) is 4.58. The molecule has 5 heteroatoms. The molecule has 2 rings (SSSR count). The summed E-state index contributed by atoms with van der Waals surface area (Å²) in [6, 6.07) is 7.29. The zero-order chi connectivity index (χ0) is 17.7. The lowest BCUT2D eigenvalue weighted by Gasteiger charge is -2.30. The minimum Gasteiger partial charge on any atom is -0.318 e. The fourth-order valence-corrected chi connectivity index (χ4v) is 3.09. The van der Waals surface area contributed by atoms with Crippen molar-refractivity contribution >= 4 is 23.2 Å². The topological polar surface area (TPSA) is 70.6 Å². The van der Waals surface area contributed by atoms with Gasteiger partial charge in [0, 0.05) is 17.3 Å². The highest BCUT2D eigenvalue weighted by Gasteiger charge is 2.27. The number of hydrogen-bond donors (Lipinski definition) is 2. The second-order valence-electron chi connectivity index (χ2n) is 7.10. The van der Waals surface area contributed by atoms with Gasteiger partial charge in [-0.15, -0.1) is 0 Å². The summed E-state index contributed by atoms with van der Waals surface area (Å²) >= 11 is 0. The molecule has 0 bridgehead atoms. The molecular weight excluding hydrogens is 302 g/mol. The summed E-state index contributed by atoms with van der Waals surface area (Å²) in [7, 11) is 0. The number of amides is 2. The van der Waals surface area contributed by atoms with Crippen molar-refractivity contribution in [1.82, 2.24) is 5.43 Å². The molecule has 1 saturated carbocycles. The van der Waals surface area contributed by atoms with Crippen molar-refractivity contribution in [2.24, 2.45) is 22.9 Å². The Balaban J connectivity index is 1.96. The summed E-state index contributed by atoms with van der Waals surface area (Å²) in [5.74, 6) is -0.00907. The summed E-state index contributed by atoms with van der Waals surface area (Å²) in [6.45, 7) is 8.49. The standard InChI is InChI=1S/C19H27N3O2/c1-12(2)16-10-7-14(4)11-17(16)21-22-19(24)18(23)20-15-8-5-13(3)6-9-15/h5-6,8-9,12,14,16H,7,10-11H2,1-4H3,(H,20,23)(H,22,24)/b21-17-/t14-,16-/m1/s1. The zero-order valence-electron chi connectivity index (χ0n) is 14.9. The number of nitrogens with zero attached hydrogens (tertiary/aromatic N) is 1. The van der Waals surface area contributed by atoms with Crippen LogP contribution in [-0.4, -0.2) is 17.5 Å². The minimum atomic E-state index is -0.733. The molecule has 0 unspecified atom stereocenters. The van der Waals surface area contributed by atoms with Crippen molar-refractivity contribution in [2.75, 3.05) is 5.32 Å². The van der Waals surface area contributed by atoms with Crippen LogP contribution >= 0.6 is 0 Å². The smallest absolute Gasteiger partial charge is 0.318 e. The Labute approximate surface area is 143 Å². The van der Waals surface area contributed by atoms with E-state index in [0.717, 1.165) is 24.1 Å². The zero-order valence-corrected chi connectivity index (χ0v) is 14.9. The van der Waals surface area contributed by atoms with Crippen LogP contribution in [0.3, 0.4) is 0 Å². The van der Waals surface area contributed by atoms with Crippen molar-refractivity contribution in [3.63, 3.8) is 0 Å². The molecule has 0 spiro atoms. The van der Waals surface area contributed by atoms with Crippen LogP contribution in [0.1, 0.15) is 45.6 Å². The number of nitrogens with one attached hydrogen (secondary N) is 2. The van der Waals surface area contributed by atoms with Crippen LogP contribution < -0.4 is 10.7 Å². The van der Waals surface area contributed by atoms with Gasteiger partial charge in [-0.3, -0.25) is 9.59 Å². The molecular formula is C19H27N3O2. The van der Waals surface area contributed by atoms with E-state index in [1.54, 1.807) is 12.1 Å². The molecule has 1 aliphatic rings. The average Bonchev–Trinajstić information content (AvgIpc) is 2.54. The number of rotatable bonds is 3. The van der Waals surface area contributed by atoms with Crippen molar-refractivity contribution in [3.05, 3.63) is 29.8 Å². The van der Waals surface area contributed by atoms with Gasteiger partial charge in [-0.2, -0.15) is 5.10 Å². The molecule has 0 heterocycles. The molecule has 5 nitrogen and oxygen atoms in total. The van der Waals surface area contributed by atoms with Crippen molar-refractivity contribution < 1.29 is 9.59 Å². The van der Waals surface area contributed by atoms with Gasteiger partial charge in [0.2, 0.25) is 0 Å². The van der Waals surface area contributed by atoms with Gasteiger partial charge in [0.25, 0.3) is 0 Å². The molecule has 2 N–H and O–H groups in total. The number of hydrogen-bond acceptors (Lipinski definition) is 3. The van der Waals surface area contributed by atoms with E-state index in [2.05, 4.69) is 36.6 Å². The molecule has 2 atom stereocenters. The van der Waals surface area contributed by atoms with Gasteiger partial charge >= 0.3 is 11.8 Å². The maximum Gasteiger partial charge on any atom is 0.329 e. The van der Waals surface area contributed by atoms with Crippen LogP contribution in [0.25, 0.3) is 0 Å². The third-order valence-electron chi connectivity index (χ3n) is 4.58. The van der Waals surface area contributed by atoms with Gasteiger partial charge < -0.3 is 5.32 Å². The lowest BCUT2D eigenvalue weighted by atomic mass is 9.76.